The SMILES string of the molecule is Cc1nc(NN)cc(N2CC(C)CC(C)C2C)n1. The summed E-state index contributed by atoms with van der Waals surface area (Å²) < 4.78 is 0. The monoisotopic (exact) mass is 249 g/mol. The van der Waals surface area contributed by atoms with Crippen LogP contribution in [0.15, 0.2) is 6.07 Å². The lowest BCUT2D eigenvalue weighted by Crippen LogP contribution is -2.46. The third-order valence-electron chi connectivity index (χ3n) is 3.86. The molecular weight excluding hydrogens is 226 g/mol. The van der Waals surface area contributed by atoms with Crippen LogP contribution in [0.5, 0.6) is 0 Å². The molecule has 0 amide bonds. The van der Waals surface area contributed by atoms with Crippen molar-refractivity contribution in [2.75, 3.05) is 16.9 Å². The number of hydrazine groups is 1. The number of hydrogen-bond acceptors (Lipinski definition) is 5. The molecule has 0 radical (unpaired) electrons. The van der Waals surface area contributed by atoms with Crippen molar-refractivity contribution in [3.05, 3.63) is 11.9 Å². The summed E-state index contributed by atoms with van der Waals surface area (Å²) in [4.78, 5) is 11.1. The van der Waals surface area contributed by atoms with Gasteiger partial charge < -0.3 is 10.3 Å². The van der Waals surface area contributed by atoms with Gasteiger partial charge in [-0.3, -0.25) is 0 Å². The first kappa shape index (κ1) is 13.1. The second kappa shape index (κ2) is 5.10. The summed E-state index contributed by atoms with van der Waals surface area (Å²) in [5.41, 5.74) is 2.61. The van der Waals surface area contributed by atoms with Gasteiger partial charge in [0.1, 0.15) is 17.5 Å². The van der Waals surface area contributed by atoms with E-state index in [0.29, 0.717) is 23.7 Å². The zero-order valence-electron chi connectivity index (χ0n) is 11.6. The quantitative estimate of drug-likeness (QED) is 0.619. The van der Waals surface area contributed by atoms with Gasteiger partial charge in [0, 0.05) is 18.7 Å². The van der Waals surface area contributed by atoms with Crippen molar-refractivity contribution in [1.82, 2.24) is 9.97 Å². The van der Waals surface area contributed by atoms with Gasteiger partial charge in [0.15, 0.2) is 0 Å². The molecule has 1 aliphatic rings. The van der Waals surface area contributed by atoms with Gasteiger partial charge in [-0.2, -0.15) is 0 Å². The highest BCUT2D eigenvalue weighted by atomic mass is 15.3. The fourth-order valence-corrected chi connectivity index (χ4v) is 2.79. The van der Waals surface area contributed by atoms with Crippen molar-refractivity contribution < 1.29 is 0 Å². The number of anilines is 2. The fraction of sp³-hybridized carbons (Fsp3) is 0.692. The van der Waals surface area contributed by atoms with E-state index in [1.165, 1.54) is 6.42 Å². The number of nitrogens with two attached hydrogens (primary N) is 1. The molecule has 5 heteroatoms. The molecule has 1 aliphatic heterocycles. The van der Waals surface area contributed by atoms with Crippen molar-refractivity contribution in [1.29, 1.82) is 0 Å². The Morgan fingerprint density at radius 3 is 2.72 bits per heavy atom. The van der Waals surface area contributed by atoms with E-state index in [9.17, 15) is 0 Å². The maximum absolute atomic E-state index is 5.45. The van der Waals surface area contributed by atoms with E-state index in [0.717, 1.165) is 18.2 Å². The average molecular weight is 249 g/mol. The standard InChI is InChI=1S/C13H23N5/c1-8-5-9(2)10(3)18(7-8)13-6-12(17-14)15-11(4)16-13/h6,8-10H,5,7,14H2,1-4H3,(H,15,16,17). The summed E-state index contributed by atoms with van der Waals surface area (Å²) >= 11 is 0. The summed E-state index contributed by atoms with van der Waals surface area (Å²) in [7, 11) is 0. The van der Waals surface area contributed by atoms with Crippen LogP contribution in [0.25, 0.3) is 0 Å². The van der Waals surface area contributed by atoms with Gasteiger partial charge in [0.25, 0.3) is 0 Å². The Labute approximate surface area is 109 Å². The lowest BCUT2D eigenvalue weighted by atomic mass is 9.86. The van der Waals surface area contributed by atoms with E-state index in [1.54, 1.807) is 0 Å². The molecular formula is C13H23N5. The number of aromatic nitrogens is 2. The molecule has 0 saturated carbocycles. The molecule has 3 unspecified atom stereocenters. The summed E-state index contributed by atoms with van der Waals surface area (Å²) in [5.74, 6) is 9.22. The Kier molecular flexibility index (Phi) is 3.71. The number of nitrogens with one attached hydrogen (secondary N) is 1. The molecule has 0 aromatic carbocycles. The van der Waals surface area contributed by atoms with E-state index >= 15 is 0 Å². The Hall–Kier alpha value is -1.36. The van der Waals surface area contributed by atoms with E-state index < -0.39 is 0 Å². The molecule has 0 bridgehead atoms. The van der Waals surface area contributed by atoms with Crippen LogP contribution in [0.3, 0.4) is 0 Å². The molecule has 2 rings (SSSR count). The Bertz CT molecular complexity index is 420. The number of hydrogen-bond donors (Lipinski definition) is 2. The van der Waals surface area contributed by atoms with Gasteiger partial charge in [-0.05, 0) is 32.1 Å². The molecule has 3 N–H and O–H groups in total. The van der Waals surface area contributed by atoms with Crippen molar-refractivity contribution in [3.8, 4) is 0 Å². The van der Waals surface area contributed by atoms with Crippen LogP contribution < -0.4 is 16.2 Å². The first-order valence-corrected chi connectivity index (χ1v) is 6.60. The second-order valence-electron chi connectivity index (χ2n) is 5.51. The maximum Gasteiger partial charge on any atom is 0.145 e. The van der Waals surface area contributed by atoms with Gasteiger partial charge in [-0.1, -0.05) is 13.8 Å². The van der Waals surface area contributed by atoms with Crippen molar-refractivity contribution in [2.45, 2.75) is 40.2 Å². The largest absolute Gasteiger partial charge is 0.353 e. The van der Waals surface area contributed by atoms with Crippen LogP contribution >= 0.6 is 0 Å². The number of piperidine rings is 1. The van der Waals surface area contributed by atoms with Crippen molar-refractivity contribution in [2.24, 2.45) is 17.7 Å². The minimum Gasteiger partial charge on any atom is -0.353 e. The molecule has 5 nitrogen and oxygen atoms in total. The van der Waals surface area contributed by atoms with E-state index in [2.05, 4.69) is 41.1 Å². The molecule has 1 fully saturated rings. The molecule has 100 valence electrons. The highest BCUT2D eigenvalue weighted by Crippen LogP contribution is 2.30. The molecule has 18 heavy (non-hydrogen) atoms. The van der Waals surface area contributed by atoms with Crippen LogP contribution in [-0.2, 0) is 0 Å². The van der Waals surface area contributed by atoms with Gasteiger partial charge in [0.2, 0.25) is 0 Å². The smallest absolute Gasteiger partial charge is 0.145 e. The summed E-state index contributed by atoms with van der Waals surface area (Å²) in [6.45, 7) is 9.82. The van der Waals surface area contributed by atoms with Gasteiger partial charge >= 0.3 is 0 Å². The first-order chi connectivity index (χ1) is 8.51. The van der Waals surface area contributed by atoms with Gasteiger partial charge in [-0.25, -0.2) is 15.8 Å². The minimum atomic E-state index is 0.501. The zero-order chi connectivity index (χ0) is 13.3. The minimum absolute atomic E-state index is 0.501. The summed E-state index contributed by atoms with van der Waals surface area (Å²) in [5, 5.41) is 0. The van der Waals surface area contributed by atoms with Crippen LogP contribution in [0.2, 0.25) is 0 Å². The maximum atomic E-state index is 5.45. The van der Waals surface area contributed by atoms with Crippen LogP contribution in [0, 0.1) is 18.8 Å². The fourth-order valence-electron chi connectivity index (χ4n) is 2.79. The third-order valence-corrected chi connectivity index (χ3v) is 3.86. The normalized spacial score (nSPS) is 28.3. The molecule has 1 aromatic heterocycles. The van der Waals surface area contributed by atoms with Crippen molar-refractivity contribution >= 4 is 11.6 Å². The number of aryl methyl sites for hydroxylation is 1. The molecule has 1 aromatic rings. The van der Waals surface area contributed by atoms with E-state index in [4.69, 9.17) is 5.84 Å². The van der Waals surface area contributed by atoms with E-state index in [-0.39, 0.29) is 0 Å². The number of nitrogens with zero attached hydrogens (tertiary/aromatic N) is 3. The molecule has 0 aliphatic carbocycles. The predicted octanol–water partition coefficient (Wildman–Crippen LogP) is 1.94. The Morgan fingerprint density at radius 2 is 2.06 bits per heavy atom. The highest BCUT2D eigenvalue weighted by molar-refractivity contribution is 5.50. The Morgan fingerprint density at radius 1 is 1.33 bits per heavy atom. The average Bonchev–Trinajstić information content (AvgIpc) is 2.32. The highest BCUT2D eigenvalue weighted by Gasteiger charge is 2.29. The predicted molar refractivity (Wildman–Crippen MR) is 74.3 cm³/mol. The topological polar surface area (TPSA) is 67.1 Å². The first-order valence-electron chi connectivity index (χ1n) is 6.60. The lowest BCUT2D eigenvalue weighted by Gasteiger charge is -2.42. The van der Waals surface area contributed by atoms with Crippen LogP contribution in [0.1, 0.15) is 33.0 Å². The van der Waals surface area contributed by atoms with Gasteiger partial charge in [0.05, 0.1) is 0 Å². The Balaban J connectivity index is 2.31. The molecule has 0 spiro atoms. The molecule has 3 atom stereocenters. The van der Waals surface area contributed by atoms with Crippen LogP contribution in [-0.4, -0.2) is 22.6 Å². The second-order valence-corrected chi connectivity index (χ2v) is 5.51. The number of nitrogen functional groups attached to an aromatic ring is 1. The molecule has 2 heterocycles. The van der Waals surface area contributed by atoms with Crippen LogP contribution in [0.4, 0.5) is 11.6 Å². The zero-order valence-corrected chi connectivity index (χ0v) is 11.6. The third kappa shape index (κ3) is 2.56. The van der Waals surface area contributed by atoms with Gasteiger partial charge in [-0.15, -0.1) is 0 Å². The molecule has 1 saturated heterocycles. The summed E-state index contributed by atoms with van der Waals surface area (Å²) in [6.07, 6.45) is 1.28. The summed E-state index contributed by atoms with van der Waals surface area (Å²) in [6, 6.07) is 2.43. The lowest BCUT2D eigenvalue weighted by molar-refractivity contribution is 0.295. The number of rotatable bonds is 2. The van der Waals surface area contributed by atoms with Crippen molar-refractivity contribution in [3.63, 3.8) is 0 Å². The van der Waals surface area contributed by atoms with E-state index in [1.807, 2.05) is 13.0 Å².